The highest BCUT2D eigenvalue weighted by Gasteiger charge is 2.37. The molecule has 1 unspecified atom stereocenters. The van der Waals surface area contributed by atoms with Crippen LogP contribution in [0.4, 0.5) is 0 Å². The van der Waals surface area contributed by atoms with Gasteiger partial charge in [-0.15, -0.1) is 0 Å². The standard InChI is InChI=1S/C10H15NO3S/c12-9(13)5-8-6-15-4-3-11(8)10(14)7-1-2-7/h7-8H,1-6H2,(H,12,13). The third-order valence-corrected chi connectivity index (χ3v) is 3.94. The number of hydrogen-bond donors (Lipinski definition) is 1. The number of thioether (sulfide) groups is 1. The largest absolute Gasteiger partial charge is 0.481 e. The van der Waals surface area contributed by atoms with Crippen LogP contribution in [0.1, 0.15) is 19.3 Å². The van der Waals surface area contributed by atoms with Gasteiger partial charge in [0, 0.05) is 24.0 Å². The van der Waals surface area contributed by atoms with Gasteiger partial charge in [-0.2, -0.15) is 11.8 Å². The molecule has 0 spiro atoms. The molecule has 0 aromatic heterocycles. The van der Waals surface area contributed by atoms with Crippen LogP contribution in [0, 0.1) is 5.92 Å². The number of carboxylic acids is 1. The van der Waals surface area contributed by atoms with E-state index in [4.69, 9.17) is 5.11 Å². The van der Waals surface area contributed by atoms with Crippen LogP contribution in [0.3, 0.4) is 0 Å². The number of carbonyl (C=O) groups excluding carboxylic acids is 1. The lowest BCUT2D eigenvalue weighted by Gasteiger charge is -2.34. The van der Waals surface area contributed by atoms with Crippen molar-refractivity contribution in [2.75, 3.05) is 18.1 Å². The number of aliphatic carboxylic acids is 1. The van der Waals surface area contributed by atoms with Crippen molar-refractivity contribution in [3.63, 3.8) is 0 Å². The molecule has 1 atom stereocenters. The van der Waals surface area contributed by atoms with E-state index in [1.165, 1.54) is 0 Å². The quantitative estimate of drug-likeness (QED) is 0.778. The Labute approximate surface area is 93.0 Å². The van der Waals surface area contributed by atoms with Gasteiger partial charge in [0.05, 0.1) is 12.5 Å². The fraction of sp³-hybridized carbons (Fsp3) is 0.800. The Balaban J connectivity index is 1.98. The Morgan fingerprint density at radius 3 is 2.73 bits per heavy atom. The average Bonchev–Trinajstić information content (AvgIpc) is 3.00. The maximum atomic E-state index is 11.9. The fourth-order valence-corrected chi connectivity index (χ4v) is 2.94. The first-order valence-corrected chi connectivity index (χ1v) is 6.44. The van der Waals surface area contributed by atoms with Gasteiger partial charge in [-0.3, -0.25) is 9.59 Å². The van der Waals surface area contributed by atoms with E-state index in [1.54, 1.807) is 16.7 Å². The smallest absolute Gasteiger partial charge is 0.305 e. The summed E-state index contributed by atoms with van der Waals surface area (Å²) in [6, 6.07) is -0.0886. The molecule has 4 nitrogen and oxygen atoms in total. The van der Waals surface area contributed by atoms with Gasteiger partial charge in [-0.25, -0.2) is 0 Å². The first-order valence-electron chi connectivity index (χ1n) is 5.28. The minimum Gasteiger partial charge on any atom is -0.481 e. The van der Waals surface area contributed by atoms with Crippen LogP contribution >= 0.6 is 11.8 Å². The second-order valence-electron chi connectivity index (χ2n) is 4.13. The van der Waals surface area contributed by atoms with Crippen LogP contribution in [0.5, 0.6) is 0 Å². The Hall–Kier alpha value is -0.710. The van der Waals surface area contributed by atoms with Crippen LogP contribution in [0.15, 0.2) is 0 Å². The van der Waals surface area contributed by atoms with Crippen molar-refractivity contribution in [2.45, 2.75) is 25.3 Å². The average molecular weight is 229 g/mol. The summed E-state index contributed by atoms with van der Waals surface area (Å²) in [7, 11) is 0. The van der Waals surface area contributed by atoms with Gasteiger partial charge >= 0.3 is 5.97 Å². The van der Waals surface area contributed by atoms with Crippen LogP contribution in [0.2, 0.25) is 0 Å². The molecular formula is C10H15NO3S. The van der Waals surface area contributed by atoms with Crippen molar-refractivity contribution in [1.29, 1.82) is 0 Å². The topological polar surface area (TPSA) is 57.6 Å². The molecule has 1 amide bonds. The predicted octanol–water partition coefficient (Wildman–Crippen LogP) is 0.815. The van der Waals surface area contributed by atoms with E-state index in [1.807, 2.05) is 0 Å². The Morgan fingerprint density at radius 1 is 1.40 bits per heavy atom. The van der Waals surface area contributed by atoms with E-state index in [2.05, 4.69) is 0 Å². The molecule has 15 heavy (non-hydrogen) atoms. The van der Waals surface area contributed by atoms with Crippen LogP contribution in [-0.4, -0.2) is 46.0 Å². The molecule has 0 aromatic carbocycles. The maximum absolute atomic E-state index is 11.9. The number of rotatable bonds is 3. The summed E-state index contributed by atoms with van der Waals surface area (Å²) in [6.45, 7) is 0.720. The Kier molecular flexibility index (Phi) is 3.19. The molecule has 0 radical (unpaired) electrons. The molecule has 1 N–H and O–H groups in total. The molecule has 2 rings (SSSR count). The molecule has 1 aliphatic heterocycles. The first-order chi connectivity index (χ1) is 7.18. The Bertz CT molecular complexity index is 278. The van der Waals surface area contributed by atoms with Crippen LogP contribution < -0.4 is 0 Å². The lowest BCUT2D eigenvalue weighted by Crippen LogP contribution is -2.47. The molecule has 5 heteroatoms. The Morgan fingerprint density at radius 2 is 2.13 bits per heavy atom. The summed E-state index contributed by atoms with van der Waals surface area (Å²) < 4.78 is 0. The van der Waals surface area contributed by atoms with Crippen LogP contribution in [0.25, 0.3) is 0 Å². The van der Waals surface area contributed by atoms with Crippen molar-refractivity contribution in [3.05, 3.63) is 0 Å². The highest BCUT2D eigenvalue weighted by atomic mass is 32.2. The third kappa shape index (κ3) is 2.65. The molecule has 0 aromatic rings. The number of hydrogen-bond acceptors (Lipinski definition) is 3. The highest BCUT2D eigenvalue weighted by Crippen LogP contribution is 2.33. The number of carbonyl (C=O) groups is 2. The lowest BCUT2D eigenvalue weighted by atomic mass is 10.1. The van der Waals surface area contributed by atoms with E-state index in [9.17, 15) is 9.59 Å². The van der Waals surface area contributed by atoms with Crippen molar-refractivity contribution in [2.24, 2.45) is 5.92 Å². The van der Waals surface area contributed by atoms with Crippen molar-refractivity contribution < 1.29 is 14.7 Å². The molecule has 1 aliphatic carbocycles. The number of carboxylic acid groups (broad SMARTS) is 1. The molecule has 0 bridgehead atoms. The summed E-state index contributed by atoms with van der Waals surface area (Å²) in [6.07, 6.45) is 2.07. The van der Waals surface area contributed by atoms with Gasteiger partial charge < -0.3 is 10.0 Å². The molecular weight excluding hydrogens is 214 g/mol. The normalized spacial score (nSPS) is 26.4. The number of amides is 1. The van der Waals surface area contributed by atoms with E-state index >= 15 is 0 Å². The van der Waals surface area contributed by atoms with Gasteiger partial charge in [0.1, 0.15) is 0 Å². The SMILES string of the molecule is O=C(O)CC1CSCCN1C(=O)C1CC1. The van der Waals surface area contributed by atoms with Gasteiger partial charge in [-0.05, 0) is 12.8 Å². The predicted molar refractivity (Wildman–Crippen MR) is 57.8 cm³/mol. The second-order valence-corrected chi connectivity index (χ2v) is 5.28. The van der Waals surface area contributed by atoms with E-state index in [0.29, 0.717) is 0 Å². The summed E-state index contributed by atoms with van der Waals surface area (Å²) >= 11 is 1.74. The van der Waals surface area contributed by atoms with Crippen molar-refractivity contribution in [3.8, 4) is 0 Å². The van der Waals surface area contributed by atoms with Crippen molar-refractivity contribution in [1.82, 2.24) is 4.90 Å². The first kappa shape index (κ1) is 10.8. The summed E-state index contributed by atoms with van der Waals surface area (Å²) in [4.78, 5) is 24.3. The second kappa shape index (κ2) is 4.43. The van der Waals surface area contributed by atoms with Gasteiger partial charge in [0.25, 0.3) is 0 Å². The third-order valence-electron chi connectivity index (χ3n) is 2.85. The monoisotopic (exact) mass is 229 g/mol. The molecule has 1 saturated heterocycles. The molecule has 84 valence electrons. The fourth-order valence-electron chi connectivity index (χ4n) is 1.88. The zero-order valence-electron chi connectivity index (χ0n) is 8.52. The molecule has 1 saturated carbocycles. The summed E-state index contributed by atoms with van der Waals surface area (Å²) in [5.74, 6) is 1.28. The minimum atomic E-state index is -0.809. The van der Waals surface area contributed by atoms with E-state index in [0.717, 1.165) is 30.9 Å². The van der Waals surface area contributed by atoms with Gasteiger partial charge in [0.15, 0.2) is 0 Å². The van der Waals surface area contributed by atoms with Gasteiger partial charge in [0.2, 0.25) is 5.91 Å². The lowest BCUT2D eigenvalue weighted by molar-refractivity contribution is -0.140. The molecule has 2 fully saturated rings. The molecule has 1 heterocycles. The van der Waals surface area contributed by atoms with Crippen molar-refractivity contribution >= 4 is 23.6 Å². The van der Waals surface area contributed by atoms with E-state index < -0.39 is 5.97 Å². The summed E-state index contributed by atoms with van der Waals surface area (Å²) in [5.41, 5.74) is 0. The zero-order chi connectivity index (χ0) is 10.8. The maximum Gasteiger partial charge on any atom is 0.305 e. The zero-order valence-corrected chi connectivity index (χ0v) is 9.33. The number of nitrogens with zero attached hydrogens (tertiary/aromatic N) is 1. The minimum absolute atomic E-state index is 0.0886. The summed E-state index contributed by atoms with van der Waals surface area (Å²) in [5, 5.41) is 8.77. The van der Waals surface area contributed by atoms with Crippen LogP contribution in [-0.2, 0) is 9.59 Å². The molecule has 2 aliphatic rings. The highest BCUT2D eigenvalue weighted by molar-refractivity contribution is 7.99. The van der Waals surface area contributed by atoms with E-state index in [-0.39, 0.29) is 24.3 Å². The van der Waals surface area contributed by atoms with Gasteiger partial charge in [-0.1, -0.05) is 0 Å².